The molecule has 15 heavy (non-hydrogen) atoms. The van der Waals surface area contributed by atoms with E-state index in [9.17, 15) is 0 Å². The highest BCUT2D eigenvalue weighted by Gasteiger charge is 2.01. The van der Waals surface area contributed by atoms with E-state index in [-0.39, 0.29) is 0 Å². The summed E-state index contributed by atoms with van der Waals surface area (Å²) < 4.78 is 2.80. The zero-order valence-corrected chi connectivity index (χ0v) is 9.90. The second-order valence-electron chi connectivity index (χ2n) is 3.15. The first-order valence-corrected chi connectivity index (χ1v) is 5.37. The minimum absolute atomic E-state index is 0.688. The van der Waals surface area contributed by atoms with Crippen LogP contribution in [0.15, 0.2) is 35.3 Å². The van der Waals surface area contributed by atoms with E-state index in [0.29, 0.717) is 6.54 Å². The Kier molecular flexibility index (Phi) is 3.01. The molecule has 0 fully saturated rings. The van der Waals surface area contributed by atoms with Crippen LogP contribution >= 0.6 is 15.9 Å². The van der Waals surface area contributed by atoms with Gasteiger partial charge in [0.05, 0.1) is 12.2 Å². The van der Waals surface area contributed by atoms with Crippen molar-refractivity contribution in [2.75, 3.05) is 5.32 Å². The maximum Gasteiger partial charge on any atom is 0.129 e. The molecule has 2 aromatic heterocycles. The van der Waals surface area contributed by atoms with Crippen molar-refractivity contribution < 1.29 is 0 Å². The fraction of sp³-hybridized carbons (Fsp3) is 0.200. The second-order valence-corrected chi connectivity index (χ2v) is 3.90. The van der Waals surface area contributed by atoms with Crippen molar-refractivity contribution in [3.05, 3.63) is 41.2 Å². The Bertz CT molecular complexity index is 452. The molecule has 0 aliphatic heterocycles. The SMILES string of the molecule is Cn1ccnc1CNc1cccnc1Br. The third-order valence-electron chi connectivity index (χ3n) is 2.12. The smallest absolute Gasteiger partial charge is 0.129 e. The Balaban J connectivity index is 2.06. The van der Waals surface area contributed by atoms with Gasteiger partial charge in [-0.05, 0) is 28.1 Å². The Morgan fingerprint density at radius 1 is 1.40 bits per heavy atom. The fourth-order valence-corrected chi connectivity index (χ4v) is 1.65. The zero-order valence-electron chi connectivity index (χ0n) is 8.31. The number of hydrogen-bond donors (Lipinski definition) is 1. The highest BCUT2D eigenvalue weighted by molar-refractivity contribution is 9.10. The molecule has 0 radical (unpaired) electrons. The quantitative estimate of drug-likeness (QED) is 0.867. The summed E-state index contributed by atoms with van der Waals surface area (Å²) in [5.74, 6) is 0.991. The van der Waals surface area contributed by atoms with E-state index in [1.165, 1.54) is 0 Å². The Morgan fingerprint density at radius 3 is 2.93 bits per heavy atom. The number of hydrogen-bond acceptors (Lipinski definition) is 3. The monoisotopic (exact) mass is 266 g/mol. The molecule has 0 amide bonds. The molecule has 5 heteroatoms. The van der Waals surface area contributed by atoms with E-state index in [4.69, 9.17) is 0 Å². The molecule has 1 N–H and O–H groups in total. The molecule has 4 nitrogen and oxygen atoms in total. The summed E-state index contributed by atoms with van der Waals surface area (Å²) in [5.41, 5.74) is 0.973. The number of nitrogens with zero attached hydrogens (tertiary/aromatic N) is 3. The Hall–Kier alpha value is -1.36. The third kappa shape index (κ3) is 2.36. The van der Waals surface area contributed by atoms with E-state index in [0.717, 1.165) is 16.1 Å². The van der Waals surface area contributed by atoms with E-state index in [1.54, 1.807) is 12.4 Å². The number of halogens is 1. The predicted molar refractivity (Wildman–Crippen MR) is 62.5 cm³/mol. The lowest BCUT2D eigenvalue weighted by molar-refractivity contribution is 0.812. The van der Waals surface area contributed by atoms with Gasteiger partial charge >= 0.3 is 0 Å². The average molecular weight is 267 g/mol. The fourth-order valence-electron chi connectivity index (χ4n) is 1.26. The van der Waals surface area contributed by atoms with Gasteiger partial charge in [0.1, 0.15) is 10.4 Å². The van der Waals surface area contributed by atoms with Crippen molar-refractivity contribution in [3.63, 3.8) is 0 Å². The van der Waals surface area contributed by atoms with Crippen molar-refractivity contribution in [2.45, 2.75) is 6.54 Å². The standard InChI is InChI=1S/C10H11BrN4/c1-15-6-5-12-9(15)7-14-8-3-2-4-13-10(8)11/h2-6,14H,7H2,1H3. The van der Waals surface area contributed by atoms with Crippen molar-refractivity contribution >= 4 is 21.6 Å². The summed E-state index contributed by atoms with van der Waals surface area (Å²) in [6.45, 7) is 0.688. The summed E-state index contributed by atoms with van der Waals surface area (Å²) in [5, 5.41) is 3.26. The van der Waals surface area contributed by atoms with Crippen LogP contribution in [0.4, 0.5) is 5.69 Å². The van der Waals surface area contributed by atoms with Gasteiger partial charge in [-0.1, -0.05) is 0 Å². The van der Waals surface area contributed by atoms with E-state index < -0.39 is 0 Å². The highest BCUT2D eigenvalue weighted by Crippen LogP contribution is 2.18. The number of aryl methyl sites for hydroxylation is 1. The van der Waals surface area contributed by atoms with Gasteiger partial charge in [0.15, 0.2) is 0 Å². The van der Waals surface area contributed by atoms with Gasteiger partial charge in [-0.15, -0.1) is 0 Å². The van der Waals surface area contributed by atoms with Crippen molar-refractivity contribution in [2.24, 2.45) is 7.05 Å². The minimum atomic E-state index is 0.688. The topological polar surface area (TPSA) is 42.7 Å². The lowest BCUT2D eigenvalue weighted by atomic mass is 10.4. The Morgan fingerprint density at radius 2 is 2.27 bits per heavy atom. The first kappa shape index (κ1) is 10.2. The highest BCUT2D eigenvalue weighted by atomic mass is 79.9. The lowest BCUT2D eigenvalue weighted by Crippen LogP contribution is -2.06. The second kappa shape index (κ2) is 4.44. The molecule has 0 spiro atoms. The third-order valence-corrected chi connectivity index (χ3v) is 2.75. The van der Waals surface area contributed by atoms with Crippen molar-refractivity contribution in [1.29, 1.82) is 0 Å². The predicted octanol–water partition coefficient (Wildman–Crippen LogP) is 2.19. The summed E-state index contributed by atoms with van der Waals surface area (Å²) in [6.07, 6.45) is 5.46. The molecule has 2 heterocycles. The normalized spacial score (nSPS) is 10.3. The van der Waals surface area contributed by atoms with Crippen LogP contribution in [0.25, 0.3) is 0 Å². The van der Waals surface area contributed by atoms with Gasteiger partial charge in [0.25, 0.3) is 0 Å². The van der Waals surface area contributed by atoms with Crippen LogP contribution in [0, 0.1) is 0 Å². The molecule has 0 aliphatic carbocycles. The van der Waals surface area contributed by atoms with Crippen molar-refractivity contribution in [1.82, 2.24) is 14.5 Å². The van der Waals surface area contributed by atoms with Crippen LogP contribution in [-0.4, -0.2) is 14.5 Å². The van der Waals surface area contributed by atoms with Crippen LogP contribution in [0.3, 0.4) is 0 Å². The summed E-state index contributed by atoms with van der Waals surface area (Å²) >= 11 is 3.38. The number of aromatic nitrogens is 3. The van der Waals surface area contributed by atoms with Crippen LogP contribution in [0.1, 0.15) is 5.82 Å². The number of imidazole rings is 1. The minimum Gasteiger partial charge on any atom is -0.376 e. The van der Waals surface area contributed by atoms with Gasteiger partial charge in [0, 0.05) is 25.6 Å². The first-order valence-electron chi connectivity index (χ1n) is 4.58. The van der Waals surface area contributed by atoms with E-state index in [1.807, 2.05) is 29.9 Å². The molecule has 2 rings (SSSR count). The van der Waals surface area contributed by atoms with Crippen LogP contribution in [0.5, 0.6) is 0 Å². The molecule has 0 saturated heterocycles. The molecule has 78 valence electrons. The summed E-state index contributed by atoms with van der Waals surface area (Å²) in [7, 11) is 1.97. The number of anilines is 1. The van der Waals surface area contributed by atoms with E-state index >= 15 is 0 Å². The lowest BCUT2D eigenvalue weighted by Gasteiger charge is -2.07. The molecule has 0 unspecified atom stereocenters. The number of rotatable bonds is 3. The van der Waals surface area contributed by atoms with Crippen molar-refractivity contribution in [3.8, 4) is 0 Å². The van der Waals surface area contributed by atoms with Crippen LogP contribution < -0.4 is 5.32 Å². The first-order chi connectivity index (χ1) is 7.27. The maximum atomic E-state index is 4.23. The zero-order chi connectivity index (χ0) is 10.7. The van der Waals surface area contributed by atoms with Gasteiger partial charge in [-0.25, -0.2) is 9.97 Å². The molecule has 0 atom stereocenters. The van der Waals surface area contributed by atoms with Crippen LogP contribution in [0.2, 0.25) is 0 Å². The number of pyridine rings is 1. The number of nitrogens with one attached hydrogen (secondary N) is 1. The van der Waals surface area contributed by atoms with Gasteiger partial charge in [0.2, 0.25) is 0 Å². The van der Waals surface area contributed by atoms with Gasteiger partial charge in [-0.2, -0.15) is 0 Å². The molecule has 2 aromatic rings. The van der Waals surface area contributed by atoms with Gasteiger partial charge in [-0.3, -0.25) is 0 Å². The summed E-state index contributed by atoms with van der Waals surface area (Å²) in [6, 6.07) is 3.87. The molecule has 0 bridgehead atoms. The van der Waals surface area contributed by atoms with Gasteiger partial charge < -0.3 is 9.88 Å². The largest absolute Gasteiger partial charge is 0.376 e. The molecule has 0 aliphatic rings. The molecular weight excluding hydrogens is 256 g/mol. The summed E-state index contributed by atoms with van der Waals surface area (Å²) in [4.78, 5) is 8.35. The molecule has 0 saturated carbocycles. The average Bonchev–Trinajstić information content (AvgIpc) is 2.63. The Labute approximate surface area is 96.5 Å². The molecular formula is C10H11BrN4. The maximum absolute atomic E-state index is 4.23. The van der Waals surface area contributed by atoms with Crippen LogP contribution in [-0.2, 0) is 13.6 Å². The van der Waals surface area contributed by atoms with E-state index in [2.05, 4.69) is 31.2 Å². The molecule has 0 aromatic carbocycles.